The van der Waals surface area contributed by atoms with Gasteiger partial charge in [-0.3, -0.25) is 14.4 Å². The molecule has 2 aromatic heterocycles. The number of nitrogens with zero attached hydrogens (tertiary/aromatic N) is 6. The van der Waals surface area contributed by atoms with E-state index in [1.165, 1.54) is 0 Å². The number of piperidine rings is 1. The van der Waals surface area contributed by atoms with Crippen LogP contribution < -0.4 is 0 Å². The molecule has 2 saturated heterocycles. The van der Waals surface area contributed by atoms with Gasteiger partial charge in [-0.15, -0.1) is 0 Å². The maximum Gasteiger partial charge on any atom is 0.274 e. The highest BCUT2D eigenvalue weighted by Crippen LogP contribution is 2.48. The van der Waals surface area contributed by atoms with Crippen LogP contribution in [-0.4, -0.2) is 62.3 Å². The summed E-state index contributed by atoms with van der Waals surface area (Å²) in [4.78, 5) is 21.4. The molecule has 140 valence electrons. The summed E-state index contributed by atoms with van der Waals surface area (Å²) in [6.07, 6.45) is 4.88. The van der Waals surface area contributed by atoms with Crippen molar-refractivity contribution in [2.24, 2.45) is 5.41 Å². The van der Waals surface area contributed by atoms with Crippen molar-refractivity contribution in [2.75, 3.05) is 26.7 Å². The number of carbonyl (C=O) groups excluding carboxylic acids is 1. The molecule has 2 fully saturated rings. The van der Waals surface area contributed by atoms with Crippen LogP contribution >= 0.6 is 0 Å². The van der Waals surface area contributed by atoms with E-state index in [1.54, 1.807) is 4.68 Å². The van der Waals surface area contributed by atoms with Gasteiger partial charge in [0.15, 0.2) is 5.82 Å². The largest absolute Gasteiger partial charge is 0.338 e. The second kappa shape index (κ2) is 6.50. The van der Waals surface area contributed by atoms with E-state index >= 15 is 0 Å². The van der Waals surface area contributed by atoms with Gasteiger partial charge in [-0.1, -0.05) is 5.16 Å². The molecule has 4 heterocycles. The average molecular weight is 358 g/mol. The third kappa shape index (κ3) is 3.02. The molecule has 8 heteroatoms. The fourth-order valence-electron chi connectivity index (χ4n) is 4.35. The standard InChI is InChI=1S/C18H26N6O2/c1-4-24-8-5-14(20-24)17(25)23-9-6-18(7-10-23)11-15(22(3)12-18)16-19-13(2)21-26-16/h5,8,15H,4,6-7,9-12H2,1-3H3. The third-order valence-electron chi connectivity index (χ3n) is 5.87. The molecule has 1 spiro atoms. The first-order valence-electron chi connectivity index (χ1n) is 9.33. The Balaban J connectivity index is 1.41. The summed E-state index contributed by atoms with van der Waals surface area (Å²) in [5.41, 5.74) is 0.770. The van der Waals surface area contributed by atoms with Gasteiger partial charge in [-0.25, -0.2) is 0 Å². The second-order valence-corrected chi connectivity index (χ2v) is 7.66. The number of aromatic nitrogens is 4. The van der Waals surface area contributed by atoms with Crippen molar-refractivity contribution in [3.8, 4) is 0 Å². The molecule has 8 nitrogen and oxygen atoms in total. The summed E-state index contributed by atoms with van der Waals surface area (Å²) in [7, 11) is 2.12. The summed E-state index contributed by atoms with van der Waals surface area (Å²) >= 11 is 0. The van der Waals surface area contributed by atoms with Crippen molar-refractivity contribution < 1.29 is 9.32 Å². The minimum Gasteiger partial charge on any atom is -0.338 e. The Morgan fingerprint density at radius 2 is 2.15 bits per heavy atom. The molecule has 1 unspecified atom stereocenters. The van der Waals surface area contributed by atoms with Gasteiger partial charge in [0.2, 0.25) is 5.89 Å². The van der Waals surface area contributed by atoms with Gasteiger partial charge in [-0.05, 0) is 51.6 Å². The molecule has 0 radical (unpaired) electrons. The zero-order valence-corrected chi connectivity index (χ0v) is 15.7. The van der Waals surface area contributed by atoms with E-state index in [1.807, 2.05) is 31.0 Å². The molecule has 0 aromatic carbocycles. The van der Waals surface area contributed by atoms with Crippen LogP contribution in [0.3, 0.4) is 0 Å². The van der Waals surface area contributed by atoms with Crippen LogP contribution in [0.15, 0.2) is 16.8 Å². The molecule has 0 bridgehead atoms. The van der Waals surface area contributed by atoms with Crippen LogP contribution in [0.5, 0.6) is 0 Å². The second-order valence-electron chi connectivity index (χ2n) is 7.66. The monoisotopic (exact) mass is 358 g/mol. The van der Waals surface area contributed by atoms with Gasteiger partial charge < -0.3 is 9.42 Å². The Morgan fingerprint density at radius 3 is 2.77 bits per heavy atom. The molecule has 2 aliphatic rings. The lowest BCUT2D eigenvalue weighted by Crippen LogP contribution is -2.44. The number of carbonyl (C=O) groups is 1. The number of rotatable bonds is 3. The normalized spacial score (nSPS) is 23.0. The first kappa shape index (κ1) is 17.2. The number of hydrogen-bond donors (Lipinski definition) is 0. The summed E-state index contributed by atoms with van der Waals surface area (Å²) in [6, 6.07) is 1.99. The number of likely N-dealkylation sites (tertiary alicyclic amines) is 2. The van der Waals surface area contributed by atoms with Gasteiger partial charge in [-0.2, -0.15) is 10.1 Å². The molecule has 2 aromatic rings. The van der Waals surface area contributed by atoms with Crippen LogP contribution in [-0.2, 0) is 6.54 Å². The van der Waals surface area contributed by atoms with E-state index in [9.17, 15) is 4.79 Å². The molecule has 4 rings (SSSR count). The van der Waals surface area contributed by atoms with E-state index in [0.717, 1.165) is 45.4 Å². The Hall–Kier alpha value is -2.22. The number of amides is 1. The molecule has 26 heavy (non-hydrogen) atoms. The van der Waals surface area contributed by atoms with E-state index in [2.05, 4.69) is 27.2 Å². The molecule has 0 N–H and O–H groups in total. The summed E-state index contributed by atoms with van der Waals surface area (Å²) in [5.74, 6) is 1.44. The van der Waals surface area contributed by atoms with Crippen LogP contribution in [0.25, 0.3) is 0 Å². The zero-order valence-electron chi connectivity index (χ0n) is 15.7. The maximum atomic E-state index is 12.7. The maximum absolute atomic E-state index is 12.7. The lowest BCUT2D eigenvalue weighted by molar-refractivity contribution is 0.0586. The van der Waals surface area contributed by atoms with Gasteiger partial charge in [0.05, 0.1) is 6.04 Å². The van der Waals surface area contributed by atoms with Crippen molar-refractivity contribution in [3.63, 3.8) is 0 Å². The van der Waals surface area contributed by atoms with Crippen molar-refractivity contribution in [1.82, 2.24) is 29.7 Å². The van der Waals surface area contributed by atoms with Gasteiger partial charge in [0.25, 0.3) is 5.91 Å². The Morgan fingerprint density at radius 1 is 1.38 bits per heavy atom. The fourth-order valence-corrected chi connectivity index (χ4v) is 4.35. The van der Waals surface area contributed by atoms with E-state index < -0.39 is 0 Å². The molecule has 0 saturated carbocycles. The third-order valence-corrected chi connectivity index (χ3v) is 5.87. The van der Waals surface area contributed by atoms with Crippen molar-refractivity contribution >= 4 is 5.91 Å². The number of aryl methyl sites for hydroxylation is 2. The first-order valence-corrected chi connectivity index (χ1v) is 9.33. The highest BCUT2D eigenvalue weighted by Gasteiger charge is 2.47. The molecule has 1 atom stereocenters. The van der Waals surface area contributed by atoms with E-state index in [-0.39, 0.29) is 17.4 Å². The average Bonchev–Trinajstić information content (AvgIpc) is 3.34. The number of hydrogen-bond acceptors (Lipinski definition) is 6. The quantitative estimate of drug-likeness (QED) is 0.834. The molecular weight excluding hydrogens is 332 g/mol. The van der Waals surface area contributed by atoms with Crippen molar-refractivity contribution in [1.29, 1.82) is 0 Å². The smallest absolute Gasteiger partial charge is 0.274 e. The predicted octanol–water partition coefficient (Wildman–Crippen LogP) is 1.89. The Labute approximate surface area is 153 Å². The van der Waals surface area contributed by atoms with Gasteiger partial charge in [0, 0.05) is 32.4 Å². The molecular formula is C18H26N6O2. The summed E-state index contributed by atoms with van der Waals surface area (Å²) in [5, 5.41) is 8.28. The van der Waals surface area contributed by atoms with Crippen molar-refractivity contribution in [2.45, 2.75) is 45.7 Å². The molecule has 0 aliphatic carbocycles. The minimum atomic E-state index is 0.0440. The fraction of sp³-hybridized carbons (Fsp3) is 0.667. The summed E-state index contributed by atoms with van der Waals surface area (Å²) in [6.45, 7) is 7.21. The molecule has 2 aliphatic heterocycles. The van der Waals surface area contributed by atoms with Crippen LogP contribution in [0.2, 0.25) is 0 Å². The highest BCUT2D eigenvalue weighted by atomic mass is 16.5. The highest BCUT2D eigenvalue weighted by molar-refractivity contribution is 5.92. The van der Waals surface area contributed by atoms with E-state index in [4.69, 9.17) is 4.52 Å². The van der Waals surface area contributed by atoms with Gasteiger partial charge >= 0.3 is 0 Å². The van der Waals surface area contributed by atoms with Gasteiger partial charge in [0.1, 0.15) is 5.69 Å². The molecule has 1 amide bonds. The first-order chi connectivity index (χ1) is 12.5. The SMILES string of the molecule is CCn1ccc(C(=O)N2CCC3(CC2)CC(c2nc(C)no2)N(C)C3)n1. The van der Waals surface area contributed by atoms with Crippen LogP contribution in [0.4, 0.5) is 0 Å². The Bertz CT molecular complexity index is 789. The summed E-state index contributed by atoms with van der Waals surface area (Å²) < 4.78 is 7.20. The topological polar surface area (TPSA) is 80.3 Å². The minimum absolute atomic E-state index is 0.0440. The van der Waals surface area contributed by atoms with Crippen LogP contribution in [0, 0.1) is 12.3 Å². The lowest BCUT2D eigenvalue weighted by Gasteiger charge is -2.39. The predicted molar refractivity (Wildman–Crippen MR) is 94.5 cm³/mol. The van der Waals surface area contributed by atoms with E-state index in [0.29, 0.717) is 17.4 Å². The van der Waals surface area contributed by atoms with Crippen molar-refractivity contribution in [3.05, 3.63) is 29.7 Å². The lowest BCUT2D eigenvalue weighted by atomic mass is 9.76. The Kier molecular flexibility index (Phi) is 4.30. The zero-order chi connectivity index (χ0) is 18.3. The van der Waals surface area contributed by atoms with Crippen LogP contribution in [0.1, 0.15) is 54.4 Å².